The smallest absolute Gasteiger partial charge is 0.00939 e. The Balaban J connectivity index is 2.19. The van der Waals surface area contributed by atoms with Crippen LogP contribution >= 0.6 is 0 Å². The highest BCUT2D eigenvalue weighted by Gasteiger charge is 1.98. The Labute approximate surface area is 98.0 Å². The molecule has 0 heteroatoms. The van der Waals surface area contributed by atoms with Crippen LogP contribution < -0.4 is 0 Å². The summed E-state index contributed by atoms with van der Waals surface area (Å²) < 4.78 is 0. The summed E-state index contributed by atoms with van der Waals surface area (Å²) in [6, 6.07) is 8.82. The molecule has 0 amide bonds. The molecule has 0 spiro atoms. The molecular weight excluding hydrogens is 192 g/mol. The van der Waals surface area contributed by atoms with Gasteiger partial charge < -0.3 is 0 Å². The van der Waals surface area contributed by atoms with Crippen molar-refractivity contribution in [2.24, 2.45) is 0 Å². The summed E-state index contributed by atoms with van der Waals surface area (Å²) in [5.74, 6) is 0. The van der Waals surface area contributed by atoms with E-state index in [1.807, 2.05) is 0 Å². The van der Waals surface area contributed by atoms with Gasteiger partial charge in [0.15, 0.2) is 0 Å². The van der Waals surface area contributed by atoms with Crippen LogP contribution in [0.3, 0.4) is 0 Å². The lowest BCUT2D eigenvalue weighted by atomic mass is 10.00. The highest BCUT2D eigenvalue weighted by atomic mass is 14.0. The topological polar surface area (TPSA) is 0 Å². The fraction of sp³-hybridized carbons (Fsp3) is 0.250. The number of hydrogen-bond acceptors (Lipinski definition) is 0. The minimum atomic E-state index is 1.05. The maximum atomic E-state index is 2.27. The van der Waals surface area contributed by atoms with Gasteiger partial charge in [0, 0.05) is 0 Å². The second-order valence-corrected chi connectivity index (χ2v) is 4.31. The first-order valence-corrected chi connectivity index (χ1v) is 5.92. The van der Waals surface area contributed by atoms with E-state index in [1.165, 1.54) is 22.3 Å². The van der Waals surface area contributed by atoms with Crippen molar-refractivity contribution in [2.45, 2.75) is 26.7 Å². The van der Waals surface area contributed by atoms with Crippen LogP contribution in [0.15, 0.2) is 53.6 Å². The Kier molecular flexibility index (Phi) is 3.40. The van der Waals surface area contributed by atoms with Crippen molar-refractivity contribution in [1.82, 2.24) is 0 Å². The SMILES string of the molecule is CCc1ccc(/C=C2/C=C(C)C=CC2)cc1. The van der Waals surface area contributed by atoms with Gasteiger partial charge in [0.25, 0.3) is 0 Å². The van der Waals surface area contributed by atoms with E-state index in [0.29, 0.717) is 0 Å². The molecule has 82 valence electrons. The Hall–Kier alpha value is -1.56. The lowest BCUT2D eigenvalue weighted by Gasteiger charge is -2.06. The van der Waals surface area contributed by atoms with E-state index >= 15 is 0 Å². The van der Waals surface area contributed by atoms with Crippen molar-refractivity contribution < 1.29 is 0 Å². The summed E-state index contributed by atoms with van der Waals surface area (Å²) in [5, 5.41) is 0. The number of aryl methyl sites for hydroxylation is 1. The number of benzene rings is 1. The molecular formula is C16H18. The minimum Gasteiger partial charge on any atom is -0.0799 e. The van der Waals surface area contributed by atoms with E-state index < -0.39 is 0 Å². The Morgan fingerprint density at radius 2 is 1.94 bits per heavy atom. The molecule has 0 aliphatic heterocycles. The van der Waals surface area contributed by atoms with Gasteiger partial charge in [-0.15, -0.1) is 0 Å². The van der Waals surface area contributed by atoms with Crippen molar-refractivity contribution in [3.63, 3.8) is 0 Å². The van der Waals surface area contributed by atoms with Gasteiger partial charge in [-0.1, -0.05) is 61.1 Å². The Bertz CT molecular complexity index is 441. The van der Waals surface area contributed by atoms with Crippen LogP contribution in [0.1, 0.15) is 31.4 Å². The Morgan fingerprint density at radius 3 is 2.56 bits per heavy atom. The van der Waals surface area contributed by atoms with Gasteiger partial charge in [0.2, 0.25) is 0 Å². The summed E-state index contributed by atoms with van der Waals surface area (Å²) in [6.45, 7) is 4.33. The van der Waals surface area contributed by atoms with Gasteiger partial charge in [-0.05, 0) is 36.5 Å². The van der Waals surface area contributed by atoms with E-state index in [0.717, 1.165) is 12.8 Å². The molecule has 1 aliphatic rings. The van der Waals surface area contributed by atoms with Crippen LogP contribution in [0.5, 0.6) is 0 Å². The Morgan fingerprint density at radius 1 is 1.19 bits per heavy atom. The standard InChI is InChI=1S/C16H18/c1-3-14-7-9-15(10-8-14)12-16-6-4-5-13(2)11-16/h4-5,7-12H,3,6H2,1-2H3/b16-12+. The van der Waals surface area contributed by atoms with Crippen molar-refractivity contribution >= 4 is 6.08 Å². The highest BCUT2D eigenvalue weighted by molar-refractivity contribution is 5.58. The first-order valence-electron chi connectivity index (χ1n) is 5.92. The molecule has 0 fully saturated rings. The highest BCUT2D eigenvalue weighted by Crippen LogP contribution is 2.18. The van der Waals surface area contributed by atoms with Crippen LogP contribution in [0.2, 0.25) is 0 Å². The monoisotopic (exact) mass is 210 g/mol. The third-order valence-corrected chi connectivity index (χ3v) is 2.89. The molecule has 0 saturated heterocycles. The predicted octanol–water partition coefficient (Wildman–Crippen LogP) is 4.54. The van der Waals surface area contributed by atoms with Gasteiger partial charge in [-0.3, -0.25) is 0 Å². The van der Waals surface area contributed by atoms with E-state index in [2.05, 4.69) is 62.4 Å². The van der Waals surface area contributed by atoms with Gasteiger partial charge >= 0.3 is 0 Å². The lowest BCUT2D eigenvalue weighted by Crippen LogP contribution is -1.86. The van der Waals surface area contributed by atoms with Gasteiger partial charge in [0.1, 0.15) is 0 Å². The molecule has 1 aromatic rings. The molecule has 0 nitrogen and oxygen atoms in total. The average Bonchev–Trinajstić information content (AvgIpc) is 2.30. The van der Waals surface area contributed by atoms with E-state index in [1.54, 1.807) is 0 Å². The predicted molar refractivity (Wildman–Crippen MR) is 71.3 cm³/mol. The zero-order valence-corrected chi connectivity index (χ0v) is 10.0. The fourth-order valence-corrected chi connectivity index (χ4v) is 1.94. The van der Waals surface area contributed by atoms with Crippen molar-refractivity contribution in [2.75, 3.05) is 0 Å². The maximum Gasteiger partial charge on any atom is -0.00939 e. The molecule has 2 rings (SSSR count). The third-order valence-electron chi connectivity index (χ3n) is 2.89. The van der Waals surface area contributed by atoms with Crippen molar-refractivity contribution in [1.29, 1.82) is 0 Å². The lowest BCUT2D eigenvalue weighted by molar-refractivity contribution is 1.14. The molecule has 0 N–H and O–H groups in total. The quantitative estimate of drug-likeness (QED) is 0.672. The summed E-state index contributed by atoms with van der Waals surface area (Å²) in [4.78, 5) is 0. The maximum absolute atomic E-state index is 2.27. The second kappa shape index (κ2) is 4.98. The van der Waals surface area contributed by atoms with Crippen LogP contribution in [-0.4, -0.2) is 0 Å². The van der Waals surface area contributed by atoms with Crippen molar-refractivity contribution in [3.05, 3.63) is 64.8 Å². The molecule has 0 radical (unpaired) electrons. The molecule has 1 aromatic carbocycles. The van der Waals surface area contributed by atoms with Crippen LogP contribution in [0, 0.1) is 0 Å². The summed E-state index contributed by atoms with van der Waals surface area (Å²) >= 11 is 0. The molecule has 0 bridgehead atoms. The normalized spacial score (nSPS) is 17.6. The first-order chi connectivity index (χ1) is 7.78. The minimum absolute atomic E-state index is 1.05. The van der Waals surface area contributed by atoms with Crippen LogP contribution in [0.4, 0.5) is 0 Å². The van der Waals surface area contributed by atoms with E-state index in [4.69, 9.17) is 0 Å². The molecule has 0 saturated carbocycles. The number of allylic oxidation sites excluding steroid dienone is 5. The first kappa shape index (κ1) is 10.9. The van der Waals surface area contributed by atoms with Gasteiger partial charge in [-0.2, -0.15) is 0 Å². The number of hydrogen-bond donors (Lipinski definition) is 0. The molecule has 0 aromatic heterocycles. The largest absolute Gasteiger partial charge is 0.0799 e. The zero-order chi connectivity index (χ0) is 11.4. The average molecular weight is 210 g/mol. The zero-order valence-electron chi connectivity index (χ0n) is 10.0. The summed E-state index contributed by atoms with van der Waals surface area (Å²) in [7, 11) is 0. The third kappa shape index (κ3) is 2.73. The van der Waals surface area contributed by atoms with E-state index in [9.17, 15) is 0 Å². The van der Waals surface area contributed by atoms with Gasteiger partial charge in [-0.25, -0.2) is 0 Å². The second-order valence-electron chi connectivity index (χ2n) is 4.31. The summed E-state index contributed by atoms with van der Waals surface area (Å²) in [6.07, 6.45) is 11.1. The molecule has 0 heterocycles. The molecule has 0 atom stereocenters. The number of rotatable bonds is 2. The van der Waals surface area contributed by atoms with Crippen molar-refractivity contribution in [3.8, 4) is 0 Å². The van der Waals surface area contributed by atoms with Crippen LogP contribution in [-0.2, 0) is 6.42 Å². The molecule has 0 unspecified atom stereocenters. The van der Waals surface area contributed by atoms with Crippen LogP contribution in [0.25, 0.3) is 6.08 Å². The molecule has 1 aliphatic carbocycles. The van der Waals surface area contributed by atoms with E-state index in [-0.39, 0.29) is 0 Å². The summed E-state index contributed by atoms with van der Waals surface area (Å²) in [5.41, 5.74) is 5.43. The molecule has 16 heavy (non-hydrogen) atoms. The van der Waals surface area contributed by atoms with Gasteiger partial charge in [0.05, 0.1) is 0 Å². The fourth-order valence-electron chi connectivity index (χ4n) is 1.94.